The summed E-state index contributed by atoms with van der Waals surface area (Å²) in [7, 11) is 0. The van der Waals surface area contributed by atoms with Crippen molar-refractivity contribution in [1.29, 1.82) is 0 Å². The highest BCUT2D eigenvalue weighted by Gasteiger charge is 2.30. The molecule has 2 fully saturated rings. The largest absolute Gasteiger partial charge is 0.434 e. The van der Waals surface area contributed by atoms with E-state index in [1.54, 1.807) is 0 Å². The molecule has 0 aromatic heterocycles. The summed E-state index contributed by atoms with van der Waals surface area (Å²) in [5, 5.41) is 3.22. The van der Waals surface area contributed by atoms with Crippen LogP contribution in [0, 0.1) is 5.82 Å². The zero-order chi connectivity index (χ0) is 19.9. The Bertz CT molecular complexity index is 675. The molecule has 2 heterocycles. The van der Waals surface area contributed by atoms with Crippen molar-refractivity contribution < 1.29 is 22.6 Å². The van der Waals surface area contributed by atoms with Crippen LogP contribution in [0.2, 0.25) is 0 Å². The molecule has 2 aliphatic heterocycles. The minimum Gasteiger partial charge on any atom is -0.434 e. The van der Waals surface area contributed by atoms with Crippen molar-refractivity contribution >= 4 is 29.9 Å². The Balaban J connectivity index is 0.00000300. The summed E-state index contributed by atoms with van der Waals surface area (Å²) in [6, 6.07) is 4.33. The van der Waals surface area contributed by atoms with Crippen molar-refractivity contribution in [1.82, 2.24) is 15.1 Å². The first-order chi connectivity index (χ1) is 13.6. The highest BCUT2D eigenvalue weighted by Crippen LogP contribution is 2.24. The third-order valence-corrected chi connectivity index (χ3v) is 5.04. The maximum Gasteiger partial charge on any atom is 0.387 e. The molecule has 0 amide bonds. The van der Waals surface area contributed by atoms with E-state index in [1.807, 2.05) is 6.92 Å². The van der Waals surface area contributed by atoms with E-state index in [4.69, 9.17) is 4.74 Å². The Hall–Kier alpha value is -1.27. The Kier molecular flexibility index (Phi) is 9.76. The number of halogens is 4. The molecule has 3 rings (SSSR count). The maximum atomic E-state index is 14.2. The number of aliphatic imine (C=N–C) groups is 1. The van der Waals surface area contributed by atoms with Gasteiger partial charge in [-0.2, -0.15) is 8.78 Å². The molecule has 164 valence electrons. The second-order valence-electron chi connectivity index (χ2n) is 6.80. The van der Waals surface area contributed by atoms with E-state index in [2.05, 4.69) is 24.8 Å². The fourth-order valence-corrected chi connectivity index (χ4v) is 3.65. The Labute approximate surface area is 186 Å². The predicted octanol–water partition coefficient (Wildman–Crippen LogP) is 2.92. The van der Waals surface area contributed by atoms with Gasteiger partial charge in [-0.25, -0.2) is 9.38 Å². The summed E-state index contributed by atoms with van der Waals surface area (Å²) >= 11 is 0. The standard InChI is InChI=1S/C19H27F3N4O2.HI/c1-2-23-19(26-7-6-14(13-26)25-8-10-27-11-9-25)24-12-15-16(20)4-3-5-17(15)28-18(21)22;/h3-5,14,18H,2,6-13H2,1H3,(H,23,24);1H. The second-order valence-corrected chi connectivity index (χ2v) is 6.80. The smallest absolute Gasteiger partial charge is 0.387 e. The third-order valence-electron chi connectivity index (χ3n) is 5.04. The van der Waals surface area contributed by atoms with Crippen molar-refractivity contribution in [3.05, 3.63) is 29.6 Å². The van der Waals surface area contributed by atoms with E-state index in [0.717, 1.165) is 45.8 Å². The molecular formula is C19H28F3IN4O2. The zero-order valence-corrected chi connectivity index (χ0v) is 18.8. The van der Waals surface area contributed by atoms with Crippen LogP contribution >= 0.6 is 24.0 Å². The lowest BCUT2D eigenvalue weighted by molar-refractivity contribution is -0.0506. The molecule has 1 aromatic carbocycles. The van der Waals surface area contributed by atoms with Gasteiger partial charge in [0.2, 0.25) is 0 Å². The number of ether oxygens (including phenoxy) is 2. The van der Waals surface area contributed by atoms with Gasteiger partial charge in [-0.3, -0.25) is 4.90 Å². The number of hydrogen-bond donors (Lipinski definition) is 1. The summed E-state index contributed by atoms with van der Waals surface area (Å²) in [6.45, 7) is 4.56. The maximum absolute atomic E-state index is 14.2. The van der Waals surface area contributed by atoms with Crippen molar-refractivity contribution in [2.75, 3.05) is 45.9 Å². The monoisotopic (exact) mass is 528 g/mol. The number of rotatable bonds is 6. The van der Waals surface area contributed by atoms with E-state index in [1.165, 1.54) is 18.2 Å². The van der Waals surface area contributed by atoms with E-state index in [9.17, 15) is 13.2 Å². The minimum atomic E-state index is -3.01. The molecule has 1 atom stereocenters. The molecule has 6 nitrogen and oxygen atoms in total. The molecule has 0 spiro atoms. The summed E-state index contributed by atoms with van der Waals surface area (Å²) in [5.74, 6) is -0.128. The van der Waals surface area contributed by atoms with Gasteiger partial charge < -0.3 is 19.7 Å². The first-order valence-corrected chi connectivity index (χ1v) is 9.65. The lowest BCUT2D eigenvalue weighted by Crippen LogP contribution is -2.46. The summed E-state index contributed by atoms with van der Waals surface area (Å²) in [4.78, 5) is 9.06. The lowest BCUT2D eigenvalue weighted by atomic mass is 10.2. The third kappa shape index (κ3) is 6.61. The van der Waals surface area contributed by atoms with Gasteiger partial charge >= 0.3 is 6.61 Å². The molecule has 0 bridgehead atoms. The number of nitrogens with zero attached hydrogens (tertiary/aromatic N) is 3. The minimum absolute atomic E-state index is 0. The van der Waals surface area contributed by atoms with Crippen LogP contribution in [0.15, 0.2) is 23.2 Å². The first-order valence-electron chi connectivity index (χ1n) is 9.65. The van der Waals surface area contributed by atoms with E-state index in [-0.39, 0.29) is 41.8 Å². The Morgan fingerprint density at radius 3 is 2.76 bits per heavy atom. The van der Waals surface area contributed by atoms with E-state index in [0.29, 0.717) is 18.5 Å². The average molecular weight is 528 g/mol. The van der Waals surface area contributed by atoms with Gasteiger partial charge in [0.05, 0.1) is 25.3 Å². The van der Waals surface area contributed by atoms with Crippen LogP contribution in [-0.2, 0) is 11.3 Å². The highest BCUT2D eigenvalue weighted by atomic mass is 127. The highest BCUT2D eigenvalue weighted by molar-refractivity contribution is 14.0. The SMILES string of the molecule is CCNC(=NCc1c(F)cccc1OC(F)F)N1CCC(N2CCOCC2)C1.I. The van der Waals surface area contributed by atoms with Crippen molar-refractivity contribution in [2.45, 2.75) is 32.5 Å². The van der Waals surface area contributed by atoms with Crippen LogP contribution in [-0.4, -0.2) is 74.4 Å². The summed E-state index contributed by atoms with van der Waals surface area (Å²) < 4.78 is 49.2. The van der Waals surface area contributed by atoms with Crippen LogP contribution in [0.25, 0.3) is 0 Å². The van der Waals surface area contributed by atoms with Gasteiger partial charge in [0.1, 0.15) is 11.6 Å². The number of morpholine rings is 1. The van der Waals surface area contributed by atoms with Gasteiger partial charge in [0.25, 0.3) is 0 Å². The van der Waals surface area contributed by atoms with E-state index >= 15 is 0 Å². The van der Waals surface area contributed by atoms with Gasteiger partial charge in [0.15, 0.2) is 5.96 Å². The van der Waals surface area contributed by atoms with Gasteiger partial charge in [0, 0.05) is 38.8 Å². The zero-order valence-electron chi connectivity index (χ0n) is 16.5. The Morgan fingerprint density at radius 2 is 2.07 bits per heavy atom. The Morgan fingerprint density at radius 1 is 1.31 bits per heavy atom. The summed E-state index contributed by atoms with van der Waals surface area (Å²) in [5.41, 5.74) is 0.0297. The number of alkyl halides is 2. The van der Waals surface area contributed by atoms with Crippen LogP contribution in [0.4, 0.5) is 13.2 Å². The topological polar surface area (TPSA) is 49.3 Å². The van der Waals surface area contributed by atoms with Crippen LogP contribution in [0.1, 0.15) is 18.9 Å². The molecule has 29 heavy (non-hydrogen) atoms. The fraction of sp³-hybridized carbons (Fsp3) is 0.632. The molecule has 1 N–H and O–H groups in total. The molecule has 1 unspecified atom stereocenters. The molecule has 1 aromatic rings. The van der Waals surface area contributed by atoms with Crippen molar-refractivity contribution in [3.63, 3.8) is 0 Å². The van der Waals surface area contributed by atoms with Gasteiger partial charge in [-0.1, -0.05) is 6.07 Å². The van der Waals surface area contributed by atoms with Crippen LogP contribution in [0.5, 0.6) is 5.75 Å². The molecule has 0 radical (unpaired) electrons. The fourth-order valence-electron chi connectivity index (χ4n) is 3.65. The molecule has 0 aliphatic carbocycles. The molecule has 10 heteroatoms. The average Bonchev–Trinajstić information content (AvgIpc) is 3.17. The second kappa shape index (κ2) is 11.8. The lowest BCUT2D eigenvalue weighted by Gasteiger charge is -2.32. The number of likely N-dealkylation sites (tertiary alicyclic amines) is 1. The number of nitrogens with one attached hydrogen (secondary N) is 1. The summed E-state index contributed by atoms with van der Waals surface area (Å²) in [6.07, 6.45) is 1.02. The number of hydrogen-bond acceptors (Lipinski definition) is 4. The number of benzene rings is 1. The van der Waals surface area contributed by atoms with Crippen molar-refractivity contribution in [3.8, 4) is 5.75 Å². The van der Waals surface area contributed by atoms with Crippen molar-refractivity contribution in [2.24, 2.45) is 4.99 Å². The van der Waals surface area contributed by atoms with Gasteiger partial charge in [-0.15, -0.1) is 24.0 Å². The predicted molar refractivity (Wildman–Crippen MR) is 116 cm³/mol. The molecular weight excluding hydrogens is 500 g/mol. The number of guanidine groups is 1. The molecule has 0 saturated carbocycles. The van der Waals surface area contributed by atoms with Gasteiger partial charge in [-0.05, 0) is 25.5 Å². The molecule has 2 saturated heterocycles. The normalized spacial score (nSPS) is 20.7. The quantitative estimate of drug-likeness (QED) is 0.350. The van der Waals surface area contributed by atoms with E-state index < -0.39 is 12.4 Å². The van der Waals surface area contributed by atoms with Crippen LogP contribution in [0.3, 0.4) is 0 Å². The van der Waals surface area contributed by atoms with Crippen LogP contribution < -0.4 is 10.1 Å². The first kappa shape index (κ1) is 24.0. The molecule has 2 aliphatic rings.